The zero-order valence-electron chi connectivity index (χ0n) is 9.80. The Morgan fingerprint density at radius 1 is 1.44 bits per heavy atom. The van der Waals surface area contributed by atoms with Crippen LogP contribution >= 0.6 is 0 Å². The van der Waals surface area contributed by atoms with Crippen LogP contribution in [0.25, 0.3) is 0 Å². The van der Waals surface area contributed by atoms with Gasteiger partial charge in [-0.2, -0.15) is 0 Å². The molecule has 90 valence electrons. The number of fused-ring (bicyclic) bond motifs is 1. The topological polar surface area (TPSA) is 64.0 Å². The van der Waals surface area contributed by atoms with Crippen molar-refractivity contribution in [3.8, 4) is 0 Å². The number of hydrogen-bond donors (Lipinski definition) is 1. The maximum Gasteiger partial charge on any atom is 0.228 e. The van der Waals surface area contributed by atoms with Crippen molar-refractivity contribution < 1.29 is 9.59 Å². The standard InChI is InChI=1S/C13H11N3O2/c1-16-5-4-14-13(16)12(18)8-2-3-10-9(6-8)7-11(17)15-10/h2-6H,7H2,1H3,(H,15,17). The van der Waals surface area contributed by atoms with Gasteiger partial charge in [-0.25, -0.2) is 4.98 Å². The molecule has 0 aliphatic carbocycles. The molecular formula is C13H11N3O2. The molecule has 0 fully saturated rings. The maximum absolute atomic E-state index is 12.2. The number of amides is 1. The van der Waals surface area contributed by atoms with E-state index in [2.05, 4.69) is 10.3 Å². The second-order valence-corrected chi connectivity index (χ2v) is 4.29. The normalized spacial score (nSPS) is 13.3. The van der Waals surface area contributed by atoms with Crippen molar-refractivity contribution in [1.29, 1.82) is 0 Å². The van der Waals surface area contributed by atoms with Gasteiger partial charge in [0.15, 0.2) is 5.82 Å². The summed E-state index contributed by atoms with van der Waals surface area (Å²) in [4.78, 5) is 27.5. The Labute approximate surface area is 103 Å². The van der Waals surface area contributed by atoms with E-state index in [0.717, 1.165) is 11.3 Å². The molecule has 5 heteroatoms. The van der Waals surface area contributed by atoms with E-state index < -0.39 is 0 Å². The lowest BCUT2D eigenvalue weighted by Crippen LogP contribution is -2.08. The first-order chi connectivity index (χ1) is 8.65. The van der Waals surface area contributed by atoms with Gasteiger partial charge in [0.05, 0.1) is 6.42 Å². The molecule has 3 rings (SSSR count). The summed E-state index contributed by atoms with van der Waals surface area (Å²) < 4.78 is 1.68. The van der Waals surface area contributed by atoms with Gasteiger partial charge in [-0.15, -0.1) is 0 Å². The second kappa shape index (κ2) is 3.80. The number of nitrogens with one attached hydrogen (secondary N) is 1. The van der Waals surface area contributed by atoms with Gasteiger partial charge in [-0.05, 0) is 23.8 Å². The number of nitrogens with zero attached hydrogens (tertiary/aromatic N) is 2. The van der Waals surface area contributed by atoms with Gasteiger partial charge >= 0.3 is 0 Å². The largest absolute Gasteiger partial charge is 0.331 e. The smallest absolute Gasteiger partial charge is 0.228 e. The van der Waals surface area contributed by atoms with E-state index in [-0.39, 0.29) is 11.7 Å². The minimum atomic E-state index is -0.135. The molecule has 1 aliphatic heterocycles. The number of carbonyl (C=O) groups is 2. The summed E-state index contributed by atoms with van der Waals surface area (Å²) in [5.74, 6) is 0.225. The van der Waals surface area contributed by atoms with Crippen molar-refractivity contribution in [2.45, 2.75) is 6.42 Å². The summed E-state index contributed by atoms with van der Waals surface area (Å²) >= 11 is 0. The lowest BCUT2D eigenvalue weighted by atomic mass is 10.0. The molecule has 1 amide bonds. The number of imidazole rings is 1. The summed E-state index contributed by atoms with van der Waals surface area (Å²) in [6, 6.07) is 5.22. The van der Waals surface area contributed by atoms with E-state index in [4.69, 9.17) is 0 Å². The number of hydrogen-bond acceptors (Lipinski definition) is 3. The number of carbonyl (C=O) groups excluding carboxylic acids is 2. The van der Waals surface area contributed by atoms with Crippen molar-refractivity contribution in [2.24, 2.45) is 7.05 Å². The van der Waals surface area contributed by atoms with Crippen LogP contribution in [0, 0.1) is 0 Å². The quantitative estimate of drug-likeness (QED) is 0.802. The van der Waals surface area contributed by atoms with Gasteiger partial charge < -0.3 is 9.88 Å². The van der Waals surface area contributed by atoms with Gasteiger partial charge in [-0.3, -0.25) is 9.59 Å². The highest BCUT2D eigenvalue weighted by molar-refractivity contribution is 6.08. The van der Waals surface area contributed by atoms with Gasteiger partial charge in [0.2, 0.25) is 11.7 Å². The Balaban J connectivity index is 2.00. The average molecular weight is 241 g/mol. The molecule has 18 heavy (non-hydrogen) atoms. The molecule has 1 aromatic carbocycles. The third-order valence-corrected chi connectivity index (χ3v) is 3.02. The number of benzene rings is 1. The van der Waals surface area contributed by atoms with Crippen LogP contribution in [0.15, 0.2) is 30.6 Å². The summed E-state index contributed by atoms with van der Waals surface area (Å²) in [5, 5.41) is 2.74. The van der Waals surface area contributed by atoms with E-state index >= 15 is 0 Å². The van der Waals surface area contributed by atoms with Crippen LogP contribution in [0.2, 0.25) is 0 Å². The minimum Gasteiger partial charge on any atom is -0.331 e. The molecule has 0 atom stereocenters. The van der Waals surface area contributed by atoms with Gasteiger partial charge in [0.1, 0.15) is 0 Å². The van der Waals surface area contributed by atoms with E-state index in [1.165, 1.54) is 0 Å². The number of anilines is 1. The zero-order chi connectivity index (χ0) is 12.7. The van der Waals surface area contributed by atoms with Crippen LogP contribution in [0.5, 0.6) is 0 Å². The highest BCUT2D eigenvalue weighted by atomic mass is 16.2. The molecule has 0 bridgehead atoms. The Morgan fingerprint density at radius 2 is 2.28 bits per heavy atom. The Kier molecular flexibility index (Phi) is 2.26. The fourth-order valence-corrected chi connectivity index (χ4v) is 2.08. The highest BCUT2D eigenvalue weighted by Crippen LogP contribution is 2.24. The molecule has 2 heterocycles. The summed E-state index contributed by atoms with van der Waals surface area (Å²) in [6.45, 7) is 0. The lowest BCUT2D eigenvalue weighted by Gasteiger charge is -2.03. The molecule has 5 nitrogen and oxygen atoms in total. The molecular weight excluding hydrogens is 230 g/mol. The summed E-state index contributed by atoms with van der Waals surface area (Å²) in [5.41, 5.74) is 2.20. The van der Waals surface area contributed by atoms with Crippen LogP contribution in [0.3, 0.4) is 0 Å². The van der Waals surface area contributed by atoms with Gasteiger partial charge in [0.25, 0.3) is 0 Å². The molecule has 0 saturated heterocycles. The third kappa shape index (κ3) is 1.60. The van der Waals surface area contributed by atoms with E-state index in [1.807, 2.05) is 0 Å². The Hall–Kier alpha value is -2.43. The predicted octanol–water partition coefficient (Wildman–Crippen LogP) is 1.15. The lowest BCUT2D eigenvalue weighted by molar-refractivity contribution is -0.115. The van der Waals surface area contributed by atoms with Crippen molar-refractivity contribution >= 4 is 17.4 Å². The first-order valence-electron chi connectivity index (χ1n) is 5.60. The molecule has 2 aromatic rings. The summed E-state index contributed by atoms with van der Waals surface area (Å²) in [6.07, 6.45) is 3.65. The first kappa shape index (κ1) is 10.7. The first-order valence-corrected chi connectivity index (χ1v) is 5.60. The Bertz CT molecular complexity index is 658. The third-order valence-electron chi connectivity index (χ3n) is 3.02. The maximum atomic E-state index is 12.2. The van der Waals surface area contributed by atoms with E-state index in [1.54, 1.807) is 42.2 Å². The second-order valence-electron chi connectivity index (χ2n) is 4.29. The molecule has 1 aliphatic rings. The molecule has 0 radical (unpaired) electrons. The van der Waals surface area contributed by atoms with Crippen molar-refractivity contribution in [2.75, 3.05) is 5.32 Å². The molecule has 1 aromatic heterocycles. The van der Waals surface area contributed by atoms with Gasteiger partial charge in [-0.1, -0.05) is 0 Å². The number of aromatic nitrogens is 2. The zero-order valence-corrected chi connectivity index (χ0v) is 9.80. The Morgan fingerprint density at radius 3 is 3.00 bits per heavy atom. The van der Waals surface area contributed by atoms with Crippen molar-refractivity contribution in [3.63, 3.8) is 0 Å². The number of aryl methyl sites for hydroxylation is 1. The molecule has 0 saturated carbocycles. The van der Waals surface area contributed by atoms with E-state index in [9.17, 15) is 9.59 Å². The van der Waals surface area contributed by atoms with Crippen molar-refractivity contribution in [1.82, 2.24) is 9.55 Å². The predicted molar refractivity (Wildman–Crippen MR) is 65.4 cm³/mol. The van der Waals surface area contributed by atoms with Crippen LogP contribution < -0.4 is 5.32 Å². The summed E-state index contributed by atoms with van der Waals surface area (Å²) in [7, 11) is 1.78. The minimum absolute atomic E-state index is 0.0356. The van der Waals surface area contributed by atoms with Crippen LogP contribution in [-0.4, -0.2) is 21.2 Å². The van der Waals surface area contributed by atoms with Gasteiger partial charge in [0, 0.05) is 30.7 Å². The fraction of sp³-hybridized carbons (Fsp3) is 0.154. The van der Waals surface area contributed by atoms with Crippen molar-refractivity contribution in [3.05, 3.63) is 47.5 Å². The highest BCUT2D eigenvalue weighted by Gasteiger charge is 2.20. The van der Waals surface area contributed by atoms with Crippen LogP contribution in [0.1, 0.15) is 21.7 Å². The number of ketones is 1. The number of rotatable bonds is 2. The fourth-order valence-electron chi connectivity index (χ4n) is 2.08. The van der Waals surface area contributed by atoms with Crippen LogP contribution in [-0.2, 0) is 18.3 Å². The van der Waals surface area contributed by atoms with Crippen LogP contribution in [0.4, 0.5) is 5.69 Å². The molecule has 0 spiro atoms. The average Bonchev–Trinajstić information content (AvgIpc) is 2.91. The SMILES string of the molecule is Cn1ccnc1C(=O)c1ccc2c(c1)CC(=O)N2. The molecule has 0 unspecified atom stereocenters. The monoisotopic (exact) mass is 241 g/mol. The van der Waals surface area contributed by atoms with E-state index in [0.29, 0.717) is 17.8 Å². The molecule has 1 N–H and O–H groups in total.